The van der Waals surface area contributed by atoms with Gasteiger partial charge in [0.1, 0.15) is 18.3 Å². The number of nitrogens with zero attached hydrogens (tertiary/aromatic N) is 3. The molecule has 2 aromatic rings. The summed E-state index contributed by atoms with van der Waals surface area (Å²) in [6.07, 6.45) is 3.82. The summed E-state index contributed by atoms with van der Waals surface area (Å²) in [5, 5.41) is 10.8. The monoisotopic (exact) mass is 305 g/mol. The Labute approximate surface area is 127 Å². The molecule has 0 bridgehead atoms. The summed E-state index contributed by atoms with van der Waals surface area (Å²) in [5.41, 5.74) is 1.26. The number of para-hydroxylation sites is 1. The van der Waals surface area contributed by atoms with Gasteiger partial charge in [0.2, 0.25) is 5.91 Å². The van der Waals surface area contributed by atoms with Crippen LogP contribution in [-0.4, -0.2) is 33.3 Å². The standard InChI is InChI=1S/C14H16ClN5O/c1-9-10(5-6-17-9)14(21)19-12-4-2-3-11(15)13(12)20-8-16-7-18-20/h2-4,7-10,17H,5-6H2,1H3,(H,19,21). The molecule has 0 saturated carbocycles. The van der Waals surface area contributed by atoms with Crippen LogP contribution >= 0.6 is 11.6 Å². The van der Waals surface area contributed by atoms with Gasteiger partial charge in [-0.2, -0.15) is 5.10 Å². The van der Waals surface area contributed by atoms with Gasteiger partial charge in [0.05, 0.1) is 16.6 Å². The smallest absolute Gasteiger partial charge is 0.229 e. The number of hydrogen-bond donors (Lipinski definition) is 2. The van der Waals surface area contributed by atoms with Gasteiger partial charge < -0.3 is 10.6 Å². The van der Waals surface area contributed by atoms with Gasteiger partial charge in [-0.05, 0) is 32.0 Å². The molecule has 6 nitrogen and oxygen atoms in total. The van der Waals surface area contributed by atoms with E-state index in [0.29, 0.717) is 16.4 Å². The largest absolute Gasteiger partial charge is 0.324 e. The van der Waals surface area contributed by atoms with Gasteiger partial charge in [0, 0.05) is 6.04 Å². The fourth-order valence-corrected chi connectivity index (χ4v) is 2.88. The van der Waals surface area contributed by atoms with E-state index in [4.69, 9.17) is 11.6 Å². The van der Waals surface area contributed by atoms with E-state index < -0.39 is 0 Å². The maximum Gasteiger partial charge on any atom is 0.229 e. The van der Waals surface area contributed by atoms with Crippen LogP contribution in [0.2, 0.25) is 5.02 Å². The highest BCUT2D eigenvalue weighted by Crippen LogP contribution is 2.28. The molecule has 21 heavy (non-hydrogen) atoms. The van der Waals surface area contributed by atoms with Crippen molar-refractivity contribution >= 4 is 23.2 Å². The first-order chi connectivity index (χ1) is 10.2. The first kappa shape index (κ1) is 14.0. The van der Waals surface area contributed by atoms with Gasteiger partial charge in [0.25, 0.3) is 0 Å². The molecule has 1 fully saturated rings. The maximum atomic E-state index is 12.4. The fourth-order valence-electron chi connectivity index (χ4n) is 2.62. The van der Waals surface area contributed by atoms with Gasteiger partial charge in [-0.25, -0.2) is 9.67 Å². The molecule has 2 atom stereocenters. The Hall–Kier alpha value is -1.92. The number of aromatic nitrogens is 3. The number of anilines is 1. The van der Waals surface area contributed by atoms with Crippen molar-refractivity contribution < 1.29 is 4.79 Å². The molecule has 2 unspecified atom stereocenters. The summed E-state index contributed by atoms with van der Waals surface area (Å²) < 4.78 is 1.55. The van der Waals surface area contributed by atoms with Crippen LogP contribution in [0.15, 0.2) is 30.9 Å². The average Bonchev–Trinajstić information content (AvgIpc) is 3.10. The van der Waals surface area contributed by atoms with Crippen LogP contribution in [0, 0.1) is 5.92 Å². The quantitative estimate of drug-likeness (QED) is 0.908. The molecule has 0 spiro atoms. The number of amides is 1. The van der Waals surface area contributed by atoms with Crippen LogP contribution in [-0.2, 0) is 4.79 Å². The summed E-state index contributed by atoms with van der Waals surface area (Å²) in [4.78, 5) is 16.3. The van der Waals surface area contributed by atoms with E-state index in [9.17, 15) is 4.79 Å². The minimum Gasteiger partial charge on any atom is -0.324 e. The number of carbonyl (C=O) groups is 1. The second-order valence-corrected chi connectivity index (χ2v) is 5.51. The van der Waals surface area contributed by atoms with Crippen LogP contribution in [0.3, 0.4) is 0 Å². The van der Waals surface area contributed by atoms with E-state index in [2.05, 4.69) is 20.7 Å². The molecule has 2 heterocycles. The predicted molar refractivity (Wildman–Crippen MR) is 80.6 cm³/mol. The summed E-state index contributed by atoms with van der Waals surface area (Å²) in [6.45, 7) is 2.89. The van der Waals surface area contributed by atoms with Crippen LogP contribution in [0.4, 0.5) is 5.69 Å². The number of benzene rings is 1. The van der Waals surface area contributed by atoms with Crippen molar-refractivity contribution in [3.63, 3.8) is 0 Å². The average molecular weight is 306 g/mol. The number of halogens is 1. The van der Waals surface area contributed by atoms with E-state index in [0.717, 1.165) is 13.0 Å². The lowest BCUT2D eigenvalue weighted by molar-refractivity contribution is -0.120. The molecule has 0 aliphatic carbocycles. The first-order valence-electron chi connectivity index (χ1n) is 6.84. The SMILES string of the molecule is CC1NCCC1C(=O)Nc1cccc(Cl)c1-n1cncn1. The molecular weight excluding hydrogens is 290 g/mol. The Bertz CT molecular complexity index is 643. The topological polar surface area (TPSA) is 71.8 Å². The molecule has 0 radical (unpaired) electrons. The number of carbonyl (C=O) groups excluding carboxylic acids is 1. The van der Waals surface area contributed by atoms with Gasteiger partial charge in [0.15, 0.2) is 0 Å². The molecule has 1 aliphatic rings. The molecule has 1 aromatic heterocycles. The van der Waals surface area contributed by atoms with Crippen LogP contribution in [0.25, 0.3) is 5.69 Å². The number of hydrogen-bond acceptors (Lipinski definition) is 4. The van der Waals surface area contributed by atoms with E-state index in [-0.39, 0.29) is 17.9 Å². The molecule has 7 heteroatoms. The lowest BCUT2D eigenvalue weighted by atomic mass is 10.0. The number of rotatable bonds is 3. The summed E-state index contributed by atoms with van der Waals surface area (Å²) in [7, 11) is 0. The highest BCUT2D eigenvalue weighted by molar-refractivity contribution is 6.33. The second kappa shape index (κ2) is 5.83. The molecular formula is C14H16ClN5O. The zero-order valence-electron chi connectivity index (χ0n) is 11.6. The maximum absolute atomic E-state index is 12.4. The van der Waals surface area contributed by atoms with Crippen molar-refractivity contribution in [2.24, 2.45) is 5.92 Å². The van der Waals surface area contributed by atoms with E-state index in [1.54, 1.807) is 23.1 Å². The van der Waals surface area contributed by atoms with Crippen molar-refractivity contribution in [3.8, 4) is 5.69 Å². The van der Waals surface area contributed by atoms with E-state index >= 15 is 0 Å². The van der Waals surface area contributed by atoms with Gasteiger partial charge >= 0.3 is 0 Å². The molecule has 1 amide bonds. The van der Waals surface area contributed by atoms with Gasteiger partial charge in [-0.1, -0.05) is 17.7 Å². The van der Waals surface area contributed by atoms with Crippen molar-refractivity contribution in [1.82, 2.24) is 20.1 Å². The normalized spacial score (nSPS) is 21.4. The molecule has 1 saturated heterocycles. The van der Waals surface area contributed by atoms with Gasteiger partial charge in [-0.15, -0.1) is 0 Å². The van der Waals surface area contributed by atoms with Crippen LogP contribution in [0.1, 0.15) is 13.3 Å². The van der Waals surface area contributed by atoms with Crippen LogP contribution < -0.4 is 10.6 Å². The highest BCUT2D eigenvalue weighted by atomic mass is 35.5. The summed E-state index contributed by atoms with van der Waals surface area (Å²) in [6, 6.07) is 5.55. The van der Waals surface area contributed by atoms with Crippen molar-refractivity contribution in [3.05, 3.63) is 35.9 Å². The van der Waals surface area contributed by atoms with Crippen LogP contribution in [0.5, 0.6) is 0 Å². The van der Waals surface area contributed by atoms with Crippen molar-refractivity contribution in [2.75, 3.05) is 11.9 Å². The third kappa shape index (κ3) is 2.77. The molecule has 1 aliphatic heterocycles. The zero-order chi connectivity index (χ0) is 14.8. The predicted octanol–water partition coefficient (Wildman–Crippen LogP) is 1.86. The summed E-state index contributed by atoms with van der Waals surface area (Å²) >= 11 is 6.24. The third-order valence-electron chi connectivity index (χ3n) is 3.75. The zero-order valence-corrected chi connectivity index (χ0v) is 12.3. The Morgan fingerprint density at radius 3 is 3.05 bits per heavy atom. The molecule has 2 N–H and O–H groups in total. The molecule has 110 valence electrons. The Morgan fingerprint density at radius 1 is 1.52 bits per heavy atom. The van der Waals surface area contributed by atoms with Gasteiger partial charge in [-0.3, -0.25) is 4.79 Å². The Balaban J connectivity index is 1.89. The molecule has 3 rings (SSSR count). The third-order valence-corrected chi connectivity index (χ3v) is 4.06. The van der Waals surface area contributed by atoms with Crippen molar-refractivity contribution in [1.29, 1.82) is 0 Å². The Kier molecular flexibility index (Phi) is 3.90. The fraction of sp³-hybridized carbons (Fsp3) is 0.357. The minimum absolute atomic E-state index is 0.00358. The van der Waals surface area contributed by atoms with E-state index in [1.165, 1.54) is 6.33 Å². The first-order valence-corrected chi connectivity index (χ1v) is 7.22. The highest BCUT2D eigenvalue weighted by Gasteiger charge is 2.29. The molecule has 1 aromatic carbocycles. The number of nitrogens with one attached hydrogen (secondary N) is 2. The Morgan fingerprint density at radius 2 is 2.38 bits per heavy atom. The lowest BCUT2D eigenvalue weighted by Crippen LogP contribution is -2.32. The van der Waals surface area contributed by atoms with Crippen molar-refractivity contribution in [2.45, 2.75) is 19.4 Å². The second-order valence-electron chi connectivity index (χ2n) is 5.10. The minimum atomic E-state index is -0.0346. The van der Waals surface area contributed by atoms with E-state index in [1.807, 2.05) is 13.0 Å². The summed E-state index contributed by atoms with van der Waals surface area (Å²) in [5.74, 6) is -0.0382. The lowest BCUT2D eigenvalue weighted by Gasteiger charge is -2.17.